The lowest BCUT2D eigenvalue weighted by atomic mass is 10.1. The second-order valence-corrected chi connectivity index (χ2v) is 3.96. The summed E-state index contributed by atoms with van der Waals surface area (Å²) in [5.74, 6) is -1.03. The number of amides is 1. The third-order valence-electron chi connectivity index (χ3n) is 2.78. The van der Waals surface area contributed by atoms with Gasteiger partial charge in [-0.3, -0.25) is 9.59 Å². The molecule has 6 heteroatoms. The predicted octanol–water partition coefficient (Wildman–Crippen LogP) is 0.607. The molecule has 1 atom stereocenters. The van der Waals surface area contributed by atoms with Crippen LogP contribution in [-0.4, -0.2) is 47.6 Å². The second-order valence-electron chi connectivity index (χ2n) is 3.96. The maximum absolute atomic E-state index is 12.1. The molecule has 1 saturated heterocycles. The molecule has 5 nitrogen and oxygen atoms in total. The van der Waals surface area contributed by atoms with E-state index in [-0.39, 0.29) is 24.9 Å². The molecular weight excluding hydrogens is 256 g/mol. The minimum absolute atomic E-state index is 0. The van der Waals surface area contributed by atoms with Crippen LogP contribution in [0.2, 0.25) is 0 Å². The Morgan fingerprint density at radius 2 is 1.94 bits per heavy atom. The van der Waals surface area contributed by atoms with Crippen molar-refractivity contribution in [3.8, 4) is 0 Å². The van der Waals surface area contributed by atoms with Crippen molar-refractivity contribution in [3.05, 3.63) is 35.9 Å². The zero-order chi connectivity index (χ0) is 12.3. The molecule has 0 aromatic heterocycles. The normalized spacial score (nSPS) is 18.9. The fraction of sp³-hybridized carbons (Fsp3) is 0.333. The molecule has 1 amide bonds. The van der Waals surface area contributed by atoms with E-state index in [2.05, 4.69) is 5.32 Å². The highest BCUT2D eigenvalue weighted by Gasteiger charge is 2.27. The number of carboxylic acid groups (broad SMARTS) is 1. The summed E-state index contributed by atoms with van der Waals surface area (Å²) in [6.45, 7) is 1.26. The first-order valence-corrected chi connectivity index (χ1v) is 5.49. The molecule has 0 radical (unpaired) electrons. The van der Waals surface area contributed by atoms with Crippen molar-refractivity contribution in [2.45, 2.75) is 6.04 Å². The standard InChI is InChI=1S/C12H14N2O3.ClH/c15-11(9-4-2-1-3-5-9)14-7-6-13-10(8-14)12(16)17;/h1-5,10,13H,6-8H2,(H,16,17);1H. The maximum Gasteiger partial charge on any atom is 0.322 e. The highest BCUT2D eigenvalue weighted by Crippen LogP contribution is 2.07. The lowest BCUT2D eigenvalue weighted by molar-refractivity contribution is -0.140. The summed E-state index contributed by atoms with van der Waals surface area (Å²) in [6.07, 6.45) is 0. The van der Waals surface area contributed by atoms with Gasteiger partial charge in [0.1, 0.15) is 6.04 Å². The Morgan fingerprint density at radius 3 is 2.56 bits per heavy atom. The summed E-state index contributed by atoms with van der Waals surface area (Å²) in [5.41, 5.74) is 0.596. The Morgan fingerprint density at radius 1 is 1.28 bits per heavy atom. The van der Waals surface area contributed by atoms with Crippen molar-refractivity contribution in [1.29, 1.82) is 0 Å². The Bertz CT molecular complexity index is 425. The topological polar surface area (TPSA) is 69.6 Å². The minimum Gasteiger partial charge on any atom is -0.480 e. The van der Waals surface area contributed by atoms with Gasteiger partial charge < -0.3 is 15.3 Å². The quantitative estimate of drug-likeness (QED) is 0.826. The van der Waals surface area contributed by atoms with E-state index in [1.54, 1.807) is 29.2 Å². The first kappa shape index (κ1) is 14.5. The van der Waals surface area contributed by atoms with Gasteiger partial charge in [0.15, 0.2) is 0 Å². The zero-order valence-corrected chi connectivity index (χ0v) is 10.5. The Kier molecular flexibility index (Phi) is 5.12. The molecule has 2 N–H and O–H groups in total. The highest BCUT2D eigenvalue weighted by molar-refractivity contribution is 5.94. The number of halogens is 1. The molecule has 1 aromatic rings. The van der Waals surface area contributed by atoms with Crippen LogP contribution in [-0.2, 0) is 4.79 Å². The van der Waals surface area contributed by atoms with Gasteiger partial charge in [0.05, 0.1) is 0 Å². The summed E-state index contributed by atoms with van der Waals surface area (Å²) >= 11 is 0. The van der Waals surface area contributed by atoms with Gasteiger partial charge in [-0.05, 0) is 12.1 Å². The largest absolute Gasteiger partial charge is 0.480 e. The predicted molar refractivity (Wildman–Crippen MR) is 69.0 cm³/mol. The number of piperazine rings is 1. The van der Waals surface area contributed by atoms with Gasteiger partial charge >= 0.3 is 5.97 Å². The van der Waals surface area contributed by atoms with E-state index in [0.717, 1.165) is 0 Å². The number of carboxylic acids is 1. The van der Waals surface area contributed by atoms with Gasteiger partial charge in [-0.15, -0.1) is 12.4 Å². The lowest BCUT2D eigenvalue weighted by Gasteiger charge is -2.31. The number of carbonyl (C=O) groups excluding carboxylic acids is 1. The molecule has 18 heavy (non-hydrogen) atoms. The Hall–Kier alpha value is -1.59. The van der Waals surface area contributed by atoms with Gasteiger partial charge in [-0.25, -0.2) is 0 Å². The third-order valence-corrected chi connectivity index (χ3v) is 2.78. The molecule has 98 valence electrons. The van der Waals surface area contributed by atoms with Crippen molar-refractivity contribution in [1.82, 2.24) is 10.2 Å². The second kappa shape index (κ2) is 6.37. The Balaban J connectivity index is 0.00000162. The van der Waals surface area contributed by atoms with Crippen LogP contribution in [0.3, 0.4) is 0 Å². The minimum atomic E-state index is -0.921. The molecule has 2 rings (SSSR count). The number of carbonyl (C=O) groups is 2. The van der Waals surface area contributed by atoms with E-state index in [1.165, 1.54) is 0 Å². The lowest BCUT2D eigenvalue weighted by Crippen LogP contribution is -2.55. The average Bonchev–Trinajstić information content (AvgIpc) is 2.39. The first-order valence-electron chi connectivity index (χ1n) is 5.49. The molecule has 1 aromatic carbocycles. The first-order chi connectivity index (χ1) is 8.18. The van der Waals surface area contributed by atoms with Crippen LogP contribution in [0.25, 0.3) is 0 Å². The van der Waals surface area contributed by atoms with Gasteiger partial charge in [-0.2, -0.15) is 0 Å². The van der Waals surface area contributed by atoms with Crippen LogP contribution in [0.1, 0.15) is 10.4 Å². The summed E-state index contributed by atoms with van der Waals surface area (Å²) in [6, 6.07) is 8.24. The van der Waals surface area contributed by atoms with Crippen molar-refractivity contribution >= 4 is 24.3 Å². The molecule has 1 fully saturated rings. The van der Waals surface area contributed by atoms with Gasteiger partial charge in [0.25, 0.3) is 5.91 Å². The molecule has 0 bridgehead atoms. The molecule has 1 heterocycles. The van der Waals surface area contributed by atoms with E-state index in [1.807, 2.05) is 6.07 Å². The van der Waals surface area contributed by atoms with Gasteiger partial charge in [-0.1, -0.05) is 18.2 Å². The average molecular weight is 271 g/mol. The smallest absolute Gasteiger partial charge is 0.322 e. The monoisotopic (exact) mass is 270 g/mol. The molecular formula is C12H15ClN2O3. The van der Waals surface area contributed by atoms with Gasteiger partial charge in [0.2, 0.25) is 0 Å². The molecule has 0 saturated carbocycles. The van der Waals surface area contributed by atoms with Crippen LogP contribution >= 0.6 is 12.4 Å². The van der Waals surface area contributed by atoms with Crippen molar-refractivity contribution < 1.29 is 14.7 Å². The van der Waals surface area contributed by atoms with Crippen molar-refractivity contribution in [2.75, 3.05) is 19.6 Å². The summed E-state index contributed by atoms with van der Waals surface area (Å²) < 4.78 is 0. The van der Waals surface area contributed by atoms with E-state index < -0.39 is 12.0 Å². The van der Waals surface area contributed by atoms with Crippen molar-refractivity contribution in [2.24, 2.45) is 0 Å². The summed E-state index contributed by atoms with van der Waals surface area (Å²) in [5, 5.41) is 11.8. The fourth-order valence-corrected chi connectivity index (χ4v) is 1.86. The van der Waals surface area contributed by atoms with Gasteiger partial charge in [0, 0.05) is 25.2 Å². The number of hydrogen-bond acceptors (Lipinski definition) is 3. The number of hydrogen-bond donors (Lipinski definition) is 2. The summed E-state index contributed by atoms with van der Waals surface area (Å²) in [4.78, 5) is 24.5. The van der Waals surface area contributed by atoms with Crippen LogP contribution in [0.15, 0.2) is 30.3 Å². The molecule has 1 aliphatic heterocycles. The van der Waals surface area contributed by atoms with E-state index in [0.29, 0.717) is 18.7 Å². The number of nitrogens with zero attached hydrogens (tertiary/aromatic N) is 1. The van der Waals surface area contributed by atoms with Crippen LogP contribution in [0.4, 0.5) is 0 Å². The fourth-order valence-electron chi connectivity index (χ4n) is 1.86. The molecule has 1 aliphatic rings. The number of nitrogens with one attached hydrogen (secondary N) is 1. The highest BCUT2D eigenvalue weighted by atomic mass is 35.5. The Labute approximate surface area is 111 Å². The molecule has 1 unspecified atom stereocenters. The zero-order valence-electron chi connectivity index (χ0n) is 9.70. The van der Waals surface area contributed by atoms with E-state index >= 15 is 0 Å². The third kappa shape index (κ3) is 3.21. The maximum atomic E-state index is 12.1. The number of aliphatic carboxylic acids is 1. The van der Waals surface area contributed by atoms with Crippen molar-refractivity contribution in [3.63, 3.8) is 0 Å². The number of rotatable bonds is 2. The number of benzene rings is 1. The van der Waals surface area contributed by atoms with Crippen LogP contribution in [0, 0.1) is 0 Å². The molecule has 0 aliphatic carbocycles. The van der Waals surface area contributed by atoms with Crippen LogP contribution < -0.4 is 5.32 Å². The molecule has 0 spiro atoms. The van der Waals surface area contributed by atoms with Crippen LogP contribution in [0.5, 0.6) is 0 Å². The van der Waals surface area contributed by atoms with E-state index in [9.17, 15) is 9.59 Å². The summed E-state index contributed by atoms with van der Waals surface area (Å²) in [7, 11) is 0. The SMILES string of the molecule is Cl.O=C(O)C1CN(C(=O)c2ccccc2)CCN1. The van der Waals surface area contributed by atoms with E-state index in [4.69, 9.17) is 5.11 Å².